The molecule has 1 saturated heterocycles. The molecule has 1 atom stereocenters. The molecule has 0 radical (unpaired) electrons. The summed E-state index contributed by atoms with van der Waals surface area (Å²) in [5.74, 6) is 0.725. The summed E-state index contributed by atoms with van der Waals surface area (Å²) in [7, 11) is 3.47. The van der Waals surface area contributed by atoms with Crippen LogP contribution >= 0.6 is 0 Å². The maximum absolute atomic E-state index is 12.3. The van der Waals surface area contributed by atoms with Gasteiger partial charge in [0.2, 0.25) is 11.5 Å². The van der Waals surface area contributed by atoms with E-state index in [1.807, 2.05) is 31.4 Å². The molecule has 0 aromatic carbocycles. The van der Waals surface area contributed by atoms with E-state index >= 15 is 0 Å². The molecule has 1 amide bonds. The molecule has 0 aliphatic carbocycles. The van der Waals surface area contributed by atoms with E-state index in [9.17, 15) is 9.90 Å². The number of anilines is 2. The Morgan fingerprint density at radius 2 is 1.88 bits per heavy atom. The van der Waals surface area contributed by atoms with Crippen molar-refractivity contribution in [3.05, 3.63) is 54.6 Å². The lowest BCUT2D eigenvalue weighted by atomic mass is 9.98. The normalized spacial score (nSPS) is 18.3. The number of aliphatic hydroxyl groups is 1. The lowest BCUT2D eigenvalue weighted by Crippen LogP contribution is -2.35. The first-order valence-electron chi connectivity index (χ1n) is 9.95. The highest BCUT2D eigenvalue weighted by Crippen LogP contribution is 2.34. The monoisotopic (exact) mass is 432 g/mol. The largest absolute Gasteiger partial charge is 0.373 e. The lowest BCUT2D eigenvalue weighted by Gasteiger charge is -2.16. The zero-order valence-electron chi connectivity index (χ0n) is 17.4. The van der Waals surface area contributed by atoms with Gasteiger partial charge in [-0.3, -0.25) is 9.48 Å². The van der Waals surface area contributed by atoms with E-state index in [2.05, 4.69) is 30.5 Å². The van der Waals surface area contributed by atoms with Gasteiger partial charge in [-0.05, 0) is 18.2 Å². The van der Waals surface area contributed by atoms with Crippen LogP contribution in [0.4, 0.5) is 11.8 Å². The Kier molecular flexibility index (Phi) is 4.67. The Bertz CT molecular complexity index is 1300. The minimum Gasteiger partial charge on any atom is -0.373 e. The molecule has 0 saturated carbocycles. The highest BCUT2D eigenvalue weighted by Gasteiger charge is 2.48. The van der Waals surface area contributed by atoms with Crippen molar-refractivity contribution in [2.45, 2.75) is 12.0 Å². The van der Waals surface area contributed by atoms with Crippen molar-refractivity contribution >= 4 is 17.7 Å². The number of hydrogen-bond acceptors (Lipinski definition) is 9. The molecular formula is C21H20N8O3. The van der Waals surface area contributed by atoms with Crippen molar-refractivity contribution < 1.29 is 14.4 Å². The number of likely N-dealkylation sites (N-methyl/N-ethyl adjacent to an activating group) is 1. The Morgan fingerprint density at radius 1 is 1.09 bits per heavy atom. The fourth-order valence-corrected chi connectivity index (χ4v) is 3.55. The second-order valence-corrected chi connectivity index (χ2v) is 7.59. The van der Waals surface area contributed by atoms with Crippen LogP contribution in [0.1, 0.15) is 12.2 Å². The lowest BCUT2D eigenvalue weighted by molar-refractivity contribution is -0.144. The van der Waals surface area contributed by atoms with Gasteiger partial charge in [0.25, 0.3) is 5.91 Å². The van der Waals surface area contributed by atoms with Crippen LogP contribution in [0.5, 0.6) is 0 Å². The van der Waals surface area contributed by atoms with Crippen LogP contribution in [0.15, 0.2) is 53.3 Å². The topological polar surface area (TPSA) is 135 Å². The van der Waals surface area contributed by atoms with Gasteiger partial charge in [-0.1, -0.05) is 11.2 Å². The quantitative estimate of drug-likeness (QED) is 0.483. The highest BCUT2D eigenvalue weighted by atomic mass is 16.5. The van der Waals surface area contributed by atoms with E-state index in [0.717, 1.165) is 0 Å². The van der Waals surface area contributed by atoms with Gasteiger partial charge < -0.3 is 19.8 Å². The van der Waals surface area contributed by atoms with E-state index in [1.165, 1.54) is 4.90 Å². The highest BCUT2D eigenvalue weighted by molar-refractivity contribution is 5.87. The predicted octanol–water partition coefficient (Wildman–Crippen LogP) is 1.72. The molecule has 0 spiro atoms. The smallest absolute Gasteiger partial charge is 0.262 e. The van der Waals surface area contributed by atoms with Crippen LogP contribution in [0.25, 0.3) is 22.8 Å². The molecule has 1 aliphatic heterocycles. The standard InChI is InChI=1S/C21H20N8O3/c1-28-11-8-21(31,19(28)30)17-12-16(27-32-17)14-5-3-4-13(23-14)15-6-9-22-20(24-15)25-18-7-10-29(2)26-18/h3-7,9-10,12,31H,8,11H2,1-2H3,(H,22,24,25,26). The number of rotatable bonds is 5. The molecule has 2 N–H and O–H groups in total. The van der Waals surface area contributed by atoms with Gasteiger partial charge in [-0.2, -0.15) is 5.10 Å². The summed E-state index contributed by atoms with van der Waals surface area (Å²) < 4.78 is 7.00. The van der Waals surface area contributed by atoms with Crippen molar-refractivity contribution in [3.63, 3.8) is 0 Å². The van der Waals surface area contributed by atoms with Crippen LogP contribution in [-0.2, 0) is 17.4 Å². The summed E-state index contributed by atoms with van der Waals surface area (Å²) in [6.07, 6.45) is 3.70. The van der Waals surface area contributed by atoms with E-state index in [4.69, 9.17) is 4.52 Å². The van der Waals surface area contributed by atoms with E-state index < -0.39 is 11.5 Å². The first kappa shape index (κ1) is 19.8. The molecular weight excluding hydrogens is 412 g/mol. The van der Waals surface area contributed by atoms with Crippen LogP contribution < -0.4 is 5.32 Å². The second-order valence-electron chi connectivity index (χ2n) is 7.59. The molecule has 162 valence electrons. The zero-order chi connectivity index (χ0) is 22.3. The Labute approximate surface area is 182 Å². The molecule has 0 bridgehead atoms. The van der Waals surface area contributed by atoms with Crippen LogP contribution in [0.3, 0.4) is 0 Å². The first-order valence-corrected chi connectivity index (χ1v) is 9.95. The fraction of sp³-hybridized carbons (Fsp3) is 0.238. The van der Waals surface area contributed by atoms with E-state index in [0.29, 0.717) is 41.1 Å². The molecule has 5 heterocycles. The molecule has 4 aromatic rings. The van der Waals surface area contributed by atoms with Crippen molar-refractivity contribution in [1.82, 2.24) is 34.8 Å². The molecule has 4 aromatic heterocycles. The van der Waals surface area contributed by atoms with Gasteiger partial charge in [-0.25, -0.2) is 15.0 Å². The molecule has 1 aliphatic rings. The minimum atomic E-state index is -1.70. The summed E-state index contributed by atoms with van der Waals surface area (Å²) in [6, 6.07) is 10.5. The maximum Gasteiger partial charge on any atom is 0.262 e. The van der Waals surface area contributed by atoms with Gasteiger partial charge in [0.15, 0.2) is 11.6 Å². The first-order chi connectivity index (χ1) is 15.4. The third-order valence-corrected chi connectivity index (χ3v) is 5.31. The Morgan fingerprint density at radius 3 is 2.59 bits per heavy atom. The van der Waals surface area contributed by atoms with Crippen molar-refractivity contribution in [1.29, 1.82) is 0 Å². The van der Waals surface area contributed by atoms with Crippen LogP contribution in [-0.4, -0.2) is 59.4 Å². The number of hydrogen-bond donors (Lipinski definition) is 2. The third kappa shape index (κ3) is 3.48. The van der Waals surface area contributed by atoms with Crippen LogP contribution in [0, 0.1) is 0 Å². The van der Waals surface area contributed by atoms with Crippen LogP contribution in [0.2, 0.25) is 0 Å². The Hall–Kier alpha value is -4.12. The molecule has 11 nitrogen and oxygen atoms in total. The number of likely N-dealkylation sites (tertiary alicyclic amines) is 1. The number of nitrogens with one attached hydrogen (secondary N) is 1. The molecule has 1 unspecified atom stereocenters. The van der Waals surface area contributed by atoms with Crippen molar-refractivity contribution in [3.8, 4) is 22.8 Å². The maximum atomic E-state index is 12.3. The number of amides is 1. The van der Waals surface area contributed by atoms with E-state index in [1.54, 1.807) is 36.1 Å². The predicted molar refractivity (Wildman–Crippen MR) is 113 cm³/mol. The second kappa shape index (κ2) is 7.54. The number of nitrogens with zero attached hydrogens (tertiary/aromatic N) is 7. The number of aryl methyl sites for hydroxylation is 1. The molecule has 5 rings (SSSR count). The SMILES string of the molecule is CN1CCC(O)(c2cc(-c3cccc(-c4ccnc(Nc5ccn(C)n5)n4)n3)no2)C1=O. The van der Waals surface area contributed by atoms with Crippen molar-refractivity contribution in [2.75, 3.05) is 18.9 Å². The van der Waals surface area contributed by atoms with Gasteiger partial charge in [0.05, 0.1) is 17.1 Å². The third-order valence-electron chi connectivity index (χ3n) is 5.31. The molecule has 1 fully saturated rings. The summed E-state index contributed by atoms with van der Waals surface area (Å²) in [5, 5.41) is 22.1. The number of aromatic nitrogens is 6. The molecule has 11 heteroatoms. The number of carbonyl (C=O) groups is 1. The summed E-state index contributed by atoms with van der Waals surface area (Å²) in [4.78, 5) is 27.2. The summed E-state index contributed by atoms with van der Waals surface area (Å²) >= 11 is 0. The summed E-state index contributed by atoms with van der Waals surface area (Å²) in [5.41, 5.74) is 0.455. The number of pyridine rings is 1. The van der Waals surface area contributed by atoms with E-state index in [-0.39, 0.29) is 12.2 Å². The van der Waals surface area contributed by atoms with Gasteiger partial charge in [-0.15, -0.1) is 0 Å². The Balaban J connectivity index is 1.42. The van der Waals surface area contributed by atoms with Gasteiger partial charge in [0, 0.05) is 51.6 Å². The van der Waals surface area contributed by atoms with Gasteiger partial charge in [0.1, 0.15) is 5.69 Å². The van der Waals surface area contributed by atoms with Crippen molar-refractivity contribution in [2.24, 2.45) is 7.05 Å². The average molecular weight is 432 g/mol. The average Bonchev–Trinajstić information content (AvgIpc) is 3.52. The zero-order valence-corrected chi connectivity index (χ0v) is 17.4. The summed E-state index contributed by atoms with van der Waals surface area (Å²) in [6.45, 7) is 0.446. The number of carbonyl (C=O) groups excluding carboxylic acids is 1. The minimum absolute atomic E-state index is 0.109. The fourth-order valence-electron chi connectivity index (χ4n) is 3.55. The van der Waals surface area contributed by atoms with Gasteiger partial charge >= 0.3 is 0 Å². The molecule has 32 heavy (non-hydrogen) atoms.